The third-order valence-corrected chi connectivity index (χ3v) is 4.47. The number of hydrogen-bond donors (Lipinski definition) is 1. The summed E-state index contributed by atoms with van der Waals surface area (Å²) in [4.78, 5) is 4.84. The van der Waals surface area contributed by atoms with Crippen molar-refractivity contribution in [1.29, 1.82) is 0 Å². The maximum atomic E-state index is 6.10. The van der Waals surface area contributed by atoms with Crippen LogP contribution in [0.2, 0.25) is 0 Å². The Balaban J connectivity index is 1.60. The number of aryl methyl sites for hydroxylation is 2. The Hall–Kier alpha value is -2.29. The maximum absolute atomic E-state index is 6.10. The van der Waals surface area contributed by atoms with Gasteiger partial charge in [-0.1, -0.05) is 36.4 Å². The van der Waals surface area contributed by atoms with Gasteiger partial charge in [-0.2, -0.15) is 0 Å². The summed E-state index contributed by atoms with van der Waals surface area (Å²) in [7, 11) is 0. The van der Waals surface area contributed by atoms with Gasteiger partial charge in [0.15, 0.2) is 0 Å². The maximum Gasteiger partial charge on any atom is 0.113 e. The number of imidazole rings is 1. The highest BCUT2D eigenvalue weighted by molar-refractivity contribution is 5.87. The van der Waals surface area contributed by atoms with Crippen molar-refractivity contribution in [3.63, 3.8) is 0 Å². The number of nitrogens with two attached hydrogens (primary N) is 1. The van der Waals surface area contributed by atoms with Gasteiger partial charge >= 0.3 is 0 Å². The molecule has 1 aliphatic rings. The third kappa shape index (κ3) is 2.47. The van der Waals surface area contributed by atoms with E-state index < -0.39 is 0 Å². The Morgan fingerprint density at radius 2 is 1.86 bits per heavy atom. The number of anilines is 1. The van der Waals surface area contributed by atoms with Gasteiger partial charge in [-0.3, -0.25) is 0 Å². The first-order valence-corrected chi connectivity index (χ1v) is 8.11. The summed E-state index contributed by atoms with van der Waals surface area (Å²) in [6.07, 6.45) is 4.76. The standard InChI is InChI=1S/C19H21N3/c20-16-9-4-10-17-18(16)21-19(15-11-12-15)22(17)13-5-8-14-6-2-1-3-7-14/h1-4,6-7,9-10,15H,5,8,11-13,20H2. The number of para-hydroxylation sites is 1. The van der Waals surface area contributed by atoms with Crippen molar-refractivity contribution < 1.29 is 0 Å². The van der Waals surface area contributed by atoms with Crippen molar-refractivity contribution >= 4 is 16.7 Å². The Kier molecular flexibility index (Phi) is 3.34. The molecule has 2 aromatic carbocycles. The largest absolute Gasteiger partial charge is 0.397 e. The van der Waals surface area contributed by atoms with Crippen molar-refractivity contribution in [3.8, 4) is 0 Å². The Morgan fingerprint density at radius 1 is 1.05 bits per heavy atom. The van der Waals surface area contributed by atoms with E-state index in [1.807, 2.05) is 12.1 Å². The predicted molar refractivity (Wildman–Crippen MR) is 90.9 cm³/mol. The van der Waals surface area contributed by atoms with Gasteiger partial charge in [0.25, 0.3) is 0 Å². The van der Waals surface area contributed by atoms with Gasteiger partial charge in [-0.15, -0.1) is 0 Å². The second-order valence-corrected chi connectivity index (χ2v) is 6.20. The van der Waals surface area contributed by atoms with Crippen LogP contribution in [0.5, 0.6) is 0 Å². The van der Waals surface area contributed by atoms with Crippen LogP contribution in [0.15, 0.2) is 48.5 Å². The lowest BCUT2D eigenvalue weighted by Gasteiger charge is -2.09. The minimum absolute atomic E-state index is 0.642. The first kappa shape index (κ1) is 13.4. The summed E-state index contributed by atoms with van der Waals surface area (Å²) < 4.78 is 2.40. The van der Waals surface area contributed by atoms with E-state index in [4.69, 9.17) is 10.7 Å². The quantitative estimate of drug-likeness (QED) is 0.718. The molecule has 0 aliphatic heterocycles. The van der Waals surface area contributed by atoms with Crippen LogP contribution in [0.4, 0.5) is 5.69 Å². The van der Waals surface area contributed by atoms with E-state index in [9.17, 15) is 0 Å². The van der Waals surface area contributed by atoms with Crippen LogP contribution in [0.3, 0.4) is 0 Å². The fourth-order valence-electron chi connectivity index (χ4n) is 3.16. The molecular formula is C19H21N3. The van der Waals surface area contributed by atoms with E-state index in [1.165, 1.54) is 29.7 Å². The van der Waals surface area contributed by atoms with Gasteiger partial charge in [0.1, 0.15) is 11.3 Å². The van der Waals surface area contributed by atoms with Crippen molar-refractivity contribution in [2.45, 2.75) is 38.1 Å². The van der Waals surface area contributed by atoms with E-state index in [2.05, 4.69) is 41.0 Å². The summed E-state index contributed by atoms with van der Waals surface area (Å²) in [5, 5.41) is 0. The Morgan fingerprint density at radius 3 is 2.64 bits per heavy atom. The van der Waals surface area contributed by atoms with Crippen LogP contribution in [0, 0.1) is 0 Å². The lowest BCUT2D eigenvalue weighted by atomic mass is 10.1. The summed E-state index contributed by atoms with van der Waals surface area (Å²) in [5.74, 6) is 1.88. The smallest absolute Gasteiger partial charge is 0.113 e. The Bertz CT molecular complexity index is 785. The SMILES string of the molecule is Nc1cccc2c1nc(C1CC1)n2CCCc1ccccc1. The molecule has 112 valence electrons. The van der Waals surface area contributed by atoms with Crippen LogP contribution in [0.1, 0.15) is 36.6 Å². The van der Waals surface area contributed by atoms with Gasteiger partial charge in [0, 0.05) is 12.5 Å². The van der Waals surface area contributed by atoms with E-state index >= 15 is 0 Å². The summed E-state index contributed by atoms with van der Waals surface area (Å²) in [6.45, 7) is 1.01. The van der Waals surface area contributed by atoms with Gasteiger partial charge < -0.3 is 10.3 Å². The molecule has 1 aliphatic carbocycles. The molecule has 22 heavy (non-hydrogen) atoms. The van der Waals surface area contributed by atoms with Crippen molar-refractivity contribution in [2.24, 2.45) is 0 Å². The number of fused-ring (bicyclic) bond motifs is 1. The average molecular weight is 291 g/mol. The molecule has 0 saturated heterocycles. The van der Waals surface area contributed by atoms with Gasteiger partial charge in [0.05, 0.1) is 11.2 Å². The molecule has 3 aromatic rings. The predicted octanol–water partition coefficient (Wildman–Crippen LogP) is 4.13. The second-order valence-electron chi connectivity index (χ2n) is 6.20. The Labute approximate surface area is 130 Å². The minimum Gasteiger partial charge on any atom is -0.397 e. The zero-order valence-electron chi connectivity index (χ0n) is 12.7. The summed E-state index contributed by atoms with van der Waals surface area (Å²) in [5.41, 5.74) is 10.5. The first-order chi connectivity index (χ1) is 10.8. The summed E-state index contributed by atoms with van der Waals surface area (Å²) in [6, 6.07) is 16.8. The lowest BCUT2D eigenvalue weighted by Crippen LogP contribution is -2.04. The fraction of sp³-hybridized carbons (Fsp3) is 0.316. The molecule has 0 bridgehead atoms. The molecule has 1 aromatic heterocycles. The molecule has 0 atom stereocenters. The second kappa shape index (κ2) is 5.48. The van der Waals surface area contributed by atoms with E-state index in [1.54, 1.807) is 0 Å². The van der Waals surface area contributed by atoms with Gasteiger partial charge in [-0.05, 0) is 43.4 Å². The number of nitrogen functional groups attached to an aromatic ring is 1. The molecular weight excluding hydrogens is 270 g/mol. The van der Waals surface area contributed by atoms with E-state index in [0.717, 1.165) is 30.6 Å². The third-order valence-electron chi connectivity index (χ3n) is 4.47. The summed E-state index contributed by atoms with van der Waals surface area (Å²) >= 11 is 0. The van der Waals surface area contributed by atoms with Crippen LogP contribution >= 0.6 is 0 Å². The van der Waals surface area contributed by atoms with Crippen LogP contribution < -0.4 is 5.73 Å². The molecule has 2 N–H and O–H groups in total. The van der Waals surface area contributed by atoms with Gasteiger partial charge in [-0.25, -0.2) is 4.98 Å². The molecule has 0 spiro atoms. The molecule has 3 heteroatoms. The minimum atomic E-state index is 0.642. The van der Waals surface area contributed by atoms with Crippen LogP contribution in [-0.4, -0.2) is 9.55 Å². The van der Waals surface area contributed by atoms with Crippen molar-refractivity contribution in [1.82, 2.24) is 9.55 Å². The number of rotatable bonds is 5. The van der Waals surface area contributed by atoms with Gasteiger partial charge in [0.2, 0.25) is 0 Å². The number of nitrogens with zero attached hydrogens (tertiary/aromatic N) is 2. The molecule has 1 heterocycles. The monoisotopic (exact) mass is 291 g/mol. The molecule has 4 rings (SSSR count). The van der Waals surface area contributed by atoms with Crippen molar-refractivity contribution in [3.05, 3.63) is 59.9 Å². The fourth-order valence-corrected chi connectivity index (χ4v) is 3.16. The topological polar surface area (TPSA) is 43.8 Å². The van der Waals surface area contributed by atoms with Crippen molar-refractivity contribution in [2.75, 3.05) is 5.73 Å². The van der Waals surface area contributed by atoms with Crippen LogP contribution in [-0.2, 0) is 13.0 Å². The van der Waals surface area contributed by atoms with Crippen LogP contribution in [0.25, 0.3) is 11.0 Å². The highest BCUT2D eigenvalue weighted by Crippen LogP contribution is 2.41. The highest BCUT2D eigenvalue weighted by Gasteiger charge is 2.29. The zero-order chi connectivity index (χ0) is 14.9. The molecule has 0 radical (unpaired) electrons. The average Bonchev–Trinajstić information content (AvgIpc) is 3.32. The first-order valence-electron chi connectivity index (χ1n) is 8.11. The molecule has 0 amide bonds. The molecule has 3 nitrogen and oxygen atoms in total. The normalized spacial score (nSPS) is 14.5. The van der Waals surface area contributed by atoms with E-state index in [-0.39, 0.29) is 0 Å². The number of benzene rings is 2. The molecule has 1 fully saturated rings. The zero-order valence-corrected chi connectivity index (χ0v) is 12.7. The molecule has 1 saturated carbocycles. The number of hydrogen-bond acceptors (Lipinski definition) is 2. The molecule has 0 unspecified atom stereocenters. The number of aromatic nitrogens is 2. The highest BCUT2D eigenvalue weighted by atomic mass is 15.1. The lowest BCUT2D eigenvalue weighted by molar-refractivity contribution is 0.626. The van der Waals surface area contributed by atoms with E-state index in [0.29, 0.717) is 5.92 Å².